The zero-order chi connectivity index (χ0) is 14.4. The van der Waals surface area contributed by atoms with Gasteiger partial charge in [0.15, 0.2) is 0 Å². The minimum absolute atomic E-state index is 0.266. The summed E-state index contributed by atoms with van der Waals surface area (Å²) >= 11 is 0. The molecule has 1 rings (SSSR count). The van der Waals surface area contributed by atoms with Gasteiger partial charge in [-0.05, 0) is 42.9 Å². The van der Waals surface area contributed by atoms with Crippen molar-refractivity contribution in [3.63, 3.8) is 0 Å². The second kappa shape index (κ2) is 7.13. The first-order valence-electron chi connectivity index (χ1n) is 6.88. The third kappa shape index (κ3) is 5.30. The molecular formula is C16H23FN2. The predicted molar refractivity (Wildman–Crippen MR) is 77.4 cm³/mol. The highest BCUT2D eigenvalue weighted by atomic mass is 19.1. The van der Waals surface area contributed by atoms with Crippen LogP contribution in [0.5, 0.6) is 0 Å². The van der Waals surface area contributed by atoms with E-state index >= 15 is 0 Å². The van der Waals surface area contributed by atoms with Crippen molar-refractivity contribution < 1.29 is 4.39 Å². The van der Waals surface area contributed by atoms with Crippen LogP contribution in [0.1, 0.15) is 46.1 Å². The molecule has 0 radical (unpaired) electrons. The van der Waals surface area contributed by atoms with E-state index in [1.54, 1.807) is 12.1 Å². The van der Waals surface area contributed by atoms with Crippen LogP contribution in [0.3, 0.4) is 0 Å². The minimum Gasteiger partial charge on any atom is -0.380 e. The number of nitrogens with one attached hydrogen (secondary N) is 1. The van der Waals surface area contributed by atoms with Gasteiger partial charge in [0.2, 0.25) is 0 Å². The number of anilines is 1. The summed E-state index contributed by atoms with van der Waals surface area (Å²) in [6, 6.07) is 6.79. The van der Waals surface area contributed by atoms with E-state index in [1.807, 2.05) is 6.07 Å². The van der Waals surface area contributed by atoms with Crippen molar-refractivity contribution in [2.75, 3.05) is 5.32 Å². The van der Waals surface area contributed by atoms with Crippen LogP contribution in [0.2, 0.25) is 0 Å². The highest BCUT2D eigenvalue weighted by molar-refractivity contribution is 5.49. The number of nitriles is 1. The van der Waals surface area contributed by atoms with Gasteiger partial charge >= 0.3 is 0 Å². The van der Waals surface area contributed by atoms with Crippen molar-refractivity contribution >= 4 is 5.69 Å². The van der Waals surface area contributed by atoms with Gasteiger partial charge in [0.1, 0.15) is 5.82 Å². The lowest BCUT2D eigenvalue weighted by molar-refractivity contribution is 0.440. The monoisotopic (exact) mass is 262 g/mol. The summed E-state index contributed by atoms with van der Waals surface area (Å²) in [5, 5.41) is 12.0. The Morgan fingerprint density at radius 3 is 2.16 bits per heavy atom. The van der Waals surface area contributed by atoms with Gasteiger partial charge in [-0.25, -0.2) is 4.39 Å². The van der Waals surface area contributed by atoms with Gasteiger partial charge in [0.25, 0.3) is 0 Å². The molecule has 0 aliphatic rings. The molecule has 1 aromatic carbocycles. The quantitative estimate of drug-likeness (QED) is 0.815. The molecule has 0 unspecified atom stereocenters. The second-order valence-corrected chi connectivity index (χ2v) is 5.91. The lowest BCUT2D eigenvalue weighted by Gasteiger charge is -2.23. The van der Waals surface area contributed by atoms with E-state index in [1.165, 1.54) is 6.07 Å². The Morgan fingerprint density at radius 1 is 1.16 bits per heavy atom. The summed E-state index contributed by atoms with van der Waals surface area (Å²) < 4.78 is 13.9. The zero-order valence-electron chi connectivity index (χ0n) is 12.2. The Bertz CT molecular complexity index is 437. The molecule has 3 heteroatoms. The van der Waals surface area contributed by atoms with Crippen molar-refractivity contribution in [3.8, 4) is 6.07 Å². The van der Waals surface area contributed by atoms with E-state index in [0.29, 0.717) is 23.1 Å². The summed E-state index contributed by atoms with van der Waals surface area (Å²) in [7, 11) is 0. The molecule has 0 atom stereocenters. The molecule has 19 heavy (non-hydrogen) atoms. The van der Waals surface area contributed by atoms with Crippen LogP contribution >= 0.6 is 0 Å². The number of rotatable bonds is 6. The zero-order valence-corrected chi connectivity index (χ0v) is 12.2. The molecule has 1 aromatic rings. The molecule has 0 amide bonds. The molecule has 2 nitrogen and oxygen atoms in total. The molecule has 0 spiro atoms. The largest absolute Gasteiger partial charge is 0.380 e. The maximum absolute atomic E-state index is 13.9. The van der Waals surface area contributed by atoms with Crippen molar-refractivity contribution in [1.29, 1.82) is 5.26 Å². The molecule has 104 valence electrons. The maximum atomic E-state index is 13.9. The molecule has 0 saturated heterocycles. The first-order valence-corrected chi connectivity index (χ1v) is 6.88. The molecule has 1 N–H and O–H groups in total. The molecular weight excluding hydrogens is 239 g/mol. The van der Waals surface area contributed by atoms with Gasteiger partial charge < -0.3 is 5.32 Å². The van der Waals surface area contributed by atoms with E-state index in [0.717, 1.165) is 12.8 Å². The SMILES string of the molecule is CC(C)CC(CC(C)C)Nc1ccc(C#N)cc1F. The molecule has 0 fully saturated rings. The molecule has 0 aliphatic carbocycles. The molecule has 0 aromatic heterocycles. The van der Waals surface area contributed by atoms with Gasteiger partial charge in [-0.2, -0.15) is 5.26 Å². The minimum atomic E-state index is -0.350. The standard InChI is InChI=1S/C16H23FN2/c1-11(2)7-14(8-12(3)4)19-16-6-5-13(10-18)9-15(16)17/h5-6,9,11-12,14,19H,7-8H2,1-4H3. The van der Waals surface area contributed by atoms with Crippen molar-refractivity contribution in [1.82, 2.24) is 0 Å². The maximum Gasteiger partial charge on any atom is 0.147 e. The number of nitrogens with zero attached hydrogens (tertiary/aromatic N) is 1. The van der Waals surface area contributed by atoms with Gasteiger partial charge in [-0.3, -0.25) is 0 Å². The van der Waals surface area contributed by atoms with Crippen LogP contribution in [0.15, 0.2) is 18.2 Å². The number of hydrogen-bond acceptors (Lipinski definition) is 2. The summed E-state index contributed by atoms with van der Waals surface area (Å²) in [5.41, 5.74) is 0.845. The van der Waals surface area contributed by atoms with Crippen LogP contribution in [-0.4, -0.2) is 6.04 Å². The number of hydrogen-bond donors (Lipinski definition) is 1. The third-order valence-corrected chi connectivity index (χ3v) is 2.97. The fourth-order valence-electron chi connectivity index (χ4n) is 2.27. The highest BCUT2D eigenvalue weighted by Gasteiger charge is 2.14. The van der Waals surface area contributed by atoms with E-state index in [4.69, 9.17) is 5.26 Å². The average molecular weight is 262 g/mol. The third-order valence-electron chi connectivity index (χ3n) is 2.97. The van der Waals surface area contributed by atoms with Crippen molar-refractivity contribution in [2.24, 2.45) is 11.8 Å². The van der Waals surface area contributed by atoms with Gasteiger partial charge in [-0.1, -0.05) is 27.7 Å². The Labute approximate surface area is 115 Å². The van der Waals surface area contributed by atoms with Gasteiger partial charge in [0.05, 0.1) is 17.3 Å². The van der Waals surface area contributed by atoms with Crippen molar-refractivity contribution in [2.45, 2.75) is 46.6 Å². The predicted octanol–water partition coefficient (Wildman–Crippen LogP) is 4.57. The van der Waals surface area contributed by atoms with Crippen LogP contribution in [-0.2, 0) is 0 Å². The highest BCUT2D eigenvalue weighted by Crippen LogP contribution is 2.21. The molecule has 0 heterocycles. The topological polar surface area (TPSA) is 35.8 Å². The summed E-state index contributed by atoms with van der Waals surface area (Å²) in [6.45, 7) is 8.68. The Morgan fingerprint density at radius 2 is 1.74 bits per heavy atom. The molecule has 0 bridgehead atoms. The lowest BCUT2D eigenvalue weighted by atomic mass is 9.95. The Balaban J connectivity index is 2.81. The Hall–Kier alpha value is -1.56. The number of benzene rings is 1. The van der Waals surface area contributed by atoms with Crippen molar-refractivity contribution in [3.05, 3.63) is 29.6 Å². The lowest BCUT2D eigenvalue weighted by Crippen LogP contribution is -2.24. The van der Waals surface area contributed by atoms with Gasteiger partial charge in [-0.15, -0.1) is 0 Å². The van der Waals surface area contributed by atoms with Crippen LogP contribution < -0.4 is 5.32 Å². The van der Waals surface area contributed by atoms with Crippen LogP contribution in [0.25, 0.3) is 0 Å². The normalized spacial score (nSPS) is 11.1. The molecule has 0 saturated carbocycles. The van der Waals surface area contributed by atoms with E-state index in [-0.39, 0.29) is 11.9 Å². The van der Waals surface area contributed by atoms with Crippen LogP contribution in [0.4, 0.5) is 10.1 Å². The first kappa shape index (κ1) is 15.5. The fourth-order valence-corrected chi connectivity index (χ4v) is 2.27. The van der Waals surface area contributed by atoms with E-state index < -0.39 is 0 Å². The number of halogens is 1. The Kier molecular flexibility index (Phi) is 5.82. The van der Waals surface area contributed by atoms with Crippen LogP contribution in [0, 0.1) is 29.0 Å². The van der Waals surface area contributed by atoms with E-state index in [9.17, 15) is 4.39 Å². The molecule has 0 aliphatic heterocycles. The first-order chi connectivity index (χ1) is 8.92. The summed E-state index contributed by atoms with van der Waals surface area (Å²) in [6.07, 6.45) is 2.02. The summed E-state index contributed by atoms with van der Waals surface area (Å²) in [4.78, 5) is 0. The average Bonchev–Trinajstić information content (AvgIpc) is 2.30. The fraction of sp³-hybridized carbons (Fsp3) is 0.562. The smallest absolute Gasteiger partial charge is 0.147 e. The van der Waals surface area contributed by atoms with Gasteiger partial charge in [0, 0.05) is 6.04 Å². The second-order valence-electron chi connectivity index (χ2n) is 5.91. The van der Waals surface area contributed by atoms with E-state index in [2.05, 4.69) is 33.0 Å². The summed E-state index contributed by atoms with van der Waals surface area (Å²) in [5.74, 6) is 0.784.